The predicted molar refractivity (Wildman–Crippen MR) is 463 cm³/mol. The summed E-state index contributed by atoms with van der Waals surface area (Å²) in [4.78, 5) is 78.0. The molecule has 0 aliphatic heterocycles. The van der Waals surface area contributed by atoms with E-state index in [0.29, 0.717) is 159 Å². The summed E-state index contributed by atoms with van der Waals surface area (Å²) >= 11 is 5.64. The molecule has 0 saturated heterocycles. The fraction of sp³-hybridized carbons (Fsp3) is 0.452. The number of rotatable bonds is 26. The molecular formula is C93H118ClF2N7O13. The molecule has 23 heteroatoms. The van der Waals surface area contributed by atoms with Gasteiger partial charge >= 0.3 is 0 Å². The van der Waals surface area contributed by atoms with Gasteiger partial charge in [-0.2, -0.15) is 0 Å². The van der Waals surface area contributed by atoms with Gasteiger partial charge in [0.2, 0.25) is 28.1 Å². The highest BCUT2D eigenvalue weighted by atomic mass is 35.5. The number of benzene rings is 6. The first-order chi connectivity index (χ1) is 54.8. The minimum atomic E-state index is -0.489. The van der Waals surface area contributed by atoms with Crippen LogP contribution >= 0.6 is 11.6 Å². The van der Waals surface area contributed by atoms with Crippen molar-refractivity contribution in [3.8, 4) is 34.5 Å². The second kappa shape index (κ2) is 43.3. The molecule has 6 aromatic carbocycles. The fourth-order valence-corrected chi connectivity index (χ4v) is 15.1. The van der Waals surface area contributed by atoms with Crippen molar-refractivity contribution in [2.24, 2.45) is 0 Å². The summed E-state index contributed by atoms with van der Waals surface area (Å²) in [6.07, 6.45) is 14.4. The zero-order valence-corrected chi connectivity index (χ0v) is 70.0. The van der Waals surface area contributed by atoms with E-state index in [9.17, 15) is 37.9 Å². The Balaban J connectivity index is 0.000000197. The molecule has 2 amide bonds. The van der Waals surface area contributed by atoms with E-state index in [1.165, 1.54) is 68.3 Å². The molecular weight excluding hydrogens is 1500 g/mol. The first kappa shape index (κ1) is 91.5. The van der Waals surface area contributed by atoms with Crippen LogP contribution in [0.2, 0.25) is 0 Å². The van der Waals surface area contributed by atoms with E-state index in [1.807, 2.05) is 44.2 Å². The standard InChI is InChI=1S/C35H43N3O5.C22H26FNO3.C14H9FO3.C13H18N2O2.C8H18ClN.CH4/c1-22(2)38(23(3)4)16-17-41-32-19-24(5)18-30-34(40)29-14-13-27(20-31(29)43-35(30)32)42-28-12-10-25(36-21-28)11-15-33(39)37-26-8-6-7-9-26;1-13(2)24(14(3)4)8-9-26-20-11-15(5)10-18-21(25)17-7-6-16(23)12-19(17)27-22(18)20;1-7-4-10-13(17)9-3-2-8(15)6-12(9)18-14(10)11(16)5-7;16-12-7-5-10(14-9-12)6-8-13(17)15-11-3-1-2-4-11;1-7(2)10(6-5-9)8(3)4;/h10,12-14,18-23,26H,6-9,11,15-17H2,1-5H3,(H,37,39);6-7,10-14H,8-9H2,1-5H3;2-6,16H,1H3;5,7,9,11,16H,1-4,6,8H2,(H,15,17);7-8H,5-6H2,1-4H3;1H4. The number of ether oxygens (including phenoxy) is 3. The van der Waals surface area contributed by atoms with Crippen molar-refractivity contribution in [2.45, 2.75) is 237 Å². The summed E-state index contributed by atoms with van der Waals surface area (Å²) < 4.78 is 62.5. The summed E-state index contributed by atoms with van der Waals surface area (Å²) in [6.45, 7) is 35.2. The van der Waals surface area contributed by atoms with Gasteiger partial charge < -0.3 is 48.3 Å². The van der Waals surface area contributed by atoms with Crippen molar-refractivity contribution in [2.75, 3.05) is 38.7 Å². The average molecular weight is 1620 g/mol. The molecule has 4 N–H and O–H groups in total. The summed E-state index contributed by atoms with van der Waals surface area (Å²) in [5.41, 5.74) is 5.39. The summed E-state index contributed by atoms with van der Waals surface area (Å²) in [5.74, 6) is 2.18. The molecule has 624 valence electrons. The maximum absolute atomic E-state index is 13.6. The van der Waals surface area contributed by atoms with E-state index < -0.39 is 11.6 Å². The molecule has 0 radical (unpaired) electrons. The highest BCUT2D eigenvalue weighted by Gasteiger charge is 2.23. The first-order valence-electron chi connectivity index (χ1n) is 40.3. The van der Waals surface area contributed by atoms with Gasteiger partial charge in [-0.1, -0.05) is 33.1 Å². The van der Waals surface area contributed by atoms with Crippen LogP contribution in [0.5, 0.6) is 34.5 Å². The SMILES string of the molecule is C.CC(C)N(CCCl)C(C)C.Cc1cc(O)c2oc3cc(F)ccc3c(=O)c2c1.Cc1cc(OCCN(C(C)C)C(C)C)c2oc3cc(F)ccc3c(=O)c2c1.Cc1cc(OCCN(C(C)C)C(C)C)c2oc3cc(Oc4ccc(CCC(=O)NC5CCCC5)nc4)ccc3c(=O)c2c1.O=C(CCc1ccc(O)cn1)NC1CCCC1. The number of phenolic OH excluding ortho intramolecular Hbond substituents is 1. The molecule has 5 heterocycles. The van der Waals surface area contributed by atoms with E-state index in [0.717, 1.165) is 85.3 Å². The number of fused-ring (bicyclic) bond motifs is 6. The Bertz CT molecular complexity index is 5250. The van der Waals surface area contributed by atoms with Crippen molar-refractivity contribution < 1.29 is 56.0 Å². The zero-order valence-electron chi connectivity index (χ0n) is 69.2. The minimum absolute atomic E-state index is 0. The second-order valence-corrected chi connectivity index (χ2v) is 31.9. The highest BCUT2D eigenvalue weighted by Crippen LogP contribution is 2.34. The van der Waals surface area contributed by atoms with Crippen molar-refractivity contribution in [3.63, 3.8) is 0 Å². The van der Waals surface area contributed by atoms with Crippen LogP contribution < -0.4 is 41.1 Å². The number of carbonyl (C=O) groups excluding carboxylic acids is 2. The number of pyridine rings is 2. The Morgan fingerprint density at radius 1 is 0.474 bits per heavy atom. The third kappa shape index (κ3) is 25.5. The van der Waals surface area contributed by atoms with Gasteiger partial charge in [0.15, 0.2) is 34.0 Å². The molecule has 0 spiro atoms. The highest BCUT2D eigenvalue weighted by molar-refractivity contribution is 6.18. The topological polar surface area (TPSA) is 252 Å². The lowest BCUT2D eigenvalue weighted by atomic mass is 10.1. The molecule has 5 aromatic heterocycles. The number of hydrogen-bond acceptors (Lipinski definition) is 18. The van der Waals surface area contributed by atoms with Crippen LogP contribution in [-0.2, 0) is 22.4 Å². The second-order valence-electron chi connectivity index (χ2n) is 31.5. The number of aromatic nitrogens is 2. The van der Waals surface area contributed by atoms with Crippen LogP contribution in [0.4, 0.5) is 8.78 Å². The summed E-state index contributed by atoms with van der Waals surface area (Å²) in [6, 6.07) is 34.0. The van der Waals surface area contributed by atoms with E-state index >= 15 is 0 Å². The van der Waals surface area contributed by atoms with Crippen LogP contribution in [0, 0.1) is 32.4 Å². The summed E-state index contributed by atoms with van der Waals surface area (Å²) in [7, 11) is 0. The van der Waals surface area contributed by atoms with Gasteiger partial charge in [-0.25, -0.2) is 8.78 Å². The molecule has 20 nitrogen and oxygen atoms in total. The predicted octanol–water partition coefficient (Wildman–Crippen LogP) is 19.7. The molecule has 0 bridgehead atoms. The number of hydrogen-bond donors (Lipinski definition) is 4. The Hall–Kier alpha value is -10.0. The van der Waals surface area contributed by atoms with Crippen molar-refractivity contribution in [1.82, 2.24) is 35.3 Å². The number of phenols is 1. The average Bonchev–Trinajstić information content (AvgIpc) is 0.869. The molecule has 0 unspecified atom stereocenters. The smallest absolute Gasteiger partial charge is 0.220 e. The molecule has 116 heavy (non-hydrogen) atoms. The van der Waals surface area contributed by atoms with Crippen molar-refractivity contribution in [3.05, 3.63) is 198 Å². The van der Waals surface area contributed by atoms with Gasteiger partial charge in [-0.05, 0) is 256 Å². The Morgan fingerprint density at radius 2 is 0.845 bits per heavy atom. The zero-order chi connectivity index (χ0) is 83.3. The molecule has 2 aliphatic carbocycles. The number of amides is 2. The fourth-order valence-electron chi connectivity index (χ4n) is 14.9. The quantitative estimate of drug-likeness (QED) is 0.0290. The van der Waals surface area contributed by atoms with Crippen LogP contribution in [0.25, 0.3) is 65.8 Å². The molecule has 11 aromatic rings. The van der Waals surface area contributed by atoms with Gasteiger partial charge in [0, 0.05) is 116 Å². The lowest BCUT2D eigenvalue weighted by Gasteiger charge is -2.30. The third-order valence-electron chi connectivity index (χ3n) is 20.6. The Kier molecular flexibility index (Phi) is 34.1. The van der Waals surface area contributed by atoms with Crippen molar-refractivity contribution in [1.29, 1.82) is 0 Å². The lowest BCUT2D eigenvalue weighted by Crippen LogP contribution is -2.39. The third-order valence-corrected chi connectivity index (χ3v) is 20.8. The first-order valence-corrected chi connectivity index (χ1v) is 40.9. The van der Waals surface area contributed by atoms with Gasteiger partial charge in [0.1, 0.15) is 58.8 Å². The number of nitrogens with one attached hydrogen (secondary N) is 2. The number of alkyl halides is 1. The van der Waals surface area contributed by atoms with E-state index in [2.05, 4.69) is 118 Å². The Morgan fingerprint density at radius 3 is 1.23 bits per heavy atom. The largest absolute Gasteiger partial charge is 0.506 e. The van der Waals surface area contributed by atoms with Gasteiger partial charge in [-0.3, -0.25) is 48.6 Å². The number of nitrogens with zero attached hydrogens (tertiary/aromatic N) is 5. The van der Waals surface area contributed by atoms with Gasteiger partial charge in [0.25, 0.3) is 0 Å². The monoisotopic (exact) mass is 1610 g/mol. The molecule has 0 atom stereocenters. The number of aromatic hydroxyl groups is 2. The maximum Gasteiger partial charge on any atom is 0.220 e. The van der Waals surface area contributed by atoms with Crippen molar-refractivity contribution >= 4 is 89.2 Å². The van der Waals surface area contributed by atoms with Crippen LogP contribution in [-0.4, -0.2) is 134 Å². The van der Waals surface area contributed by atoms with E-state index in [4.69, 9.17) is 44.2 Å². The summed E-state index contributed by atoms with van der Waals surface area (Å²) in [5, 5.41) is 27.4. The maximum atomic E-state index is 13.6. The molecule has 2 aliphatic rings. The normalized spacial score (nSPS) is 13.1. The molecule has 2 fully saturated rings. The lowest BCUT2D eigenvalue weighted by molar-refractivity contribution is -0.122. The minimum Gasteiger partial charge on any atom is -0.506 e. The van der Waals surface area contributed by atoms with Gasteiger partial charge in [-0.15, -0.1) is 11.6 Å². The van der Waals surface area contributed by atoms with Crippen LogP contribution in [0.1, 0.15) is 183 Å². The van der Waals surface area contributed by atoms with E-state index in [-0.39, 0.29) is 63.8 Å². The molecule has 13 rings (SSSR count). The number of aryl methyl sites for hydroxylation is 5. The number of carbonyl (C=O) groups is 2. The number of halogens is 3. The van der Waals surface area contributed by atoms with E-state index in [1.54, 1.807) is 55.6 Å². The van der Waals surface area contributed by atoms with Crippen LogP contribution in [0.3, 0.4) is 0 Å². The molecule has 2 saturated carbocycles. The van der Waals surface area contributed by atoms with Gasteiger partial charge in [0.05, 0.1) is 44.7 Å². The Labute approximate surface area is 684 Å². The van der Waals surface area contributed by atoms with Crippen LogP contribution in [0.15, 0.2) is 155 Å².